The summed E-state index contributed by atoms with van der Waals surface area (Å²) in [7, 11) is 3.27. The first-order chi connectivity index (χ1) is 14.0. The van der Waals surface area contributed by atoms with Crippen LogP contribution in [0.15, 0.2) is 47.5 Å². The third kappa shape index (κ3) is 3.61. The van der Waals surface area contributed by atoms with Crippen LogP contribution in [0.4, 0.5) is 4.39 Å². The molecule has 0 amide bonds. The number of carbonyl (C=O) groups is 1. The summed E-state index contributed by atoms with van der Waals surface area (Å²) in [5.41, 5.74) is 1.29. The molecule has 7 nitrogen and oxygen atoms in total. The third-order valence-corrected chi connectivity index (χ3v) is 4.84. The average molecular weight is 394 g/mol. The van der Waals surface area contributed by atoms with Crippen LogP contribution in [0, 0.1) is 5.82 Å². The van der Waals surface area contributed by atoms with E-state index in [1.807, 2.05) is 0 Å². The molecule has 8 heteroatoms. The highest BCUT2D eigenvalue weighted by Gasteiger charge is 2.15. The van der Waals surface area contributed by atoms with Crippen molar-refractivity contribution in [2.24, 2.45) is 7.05 Å². The van der Waals surface area contributed by atoms with Gasteiger partial charge in [-0.3, -0.25) is 19.3 Å². The van der Waals surface area contributed by atoms with Crippen LogP contribution in [-0.2, 0) is 24.8 Å². The second-order valence-corrected chi connectivity index (χ2v) is 6.84. The highest BCUT2D eigenvalue weighted by atomic mass is 19.1. The Morgan fingerprint density at radius 1 is 1.21 bits per heavy atom. The lowest BCUT2D eigenvalue weighted by atomic mass is 10.1. The molecule has 0 bridgehead atoms. The number of aryl methyl sites for hydroxylation is 2. The molecular weight excluding hydrogens is 375 g/mol. The second kappa shape index (κ2) is 7.46. The minimum absolute atomic E-state index is 0.0644. The molecule has 0 N–H and O–H groups in total. The molecule has 0 saturated heterocycles. The predicted molar refractivity (Wildman–Crippen MR) is 107 cm³/mol. The Hall–Kier alpha value is -3.55. The number of carbonyl (C=O) groups excluding carboxylic acids is 1. The van der Waals surface area contributed by atoms with Gasteiger partial charge in [-0.2, -0.15) is 5.10 Å². The van der Waals surface area contributed by atoms with Gasteiger partial charge >= 0.3 is 0 Å². The Morgan fingerprint density at radius 2 is 2.03 bits per heavy atom. The first kappa shape index (κ1) is 18.8. The molecule has 0 aliphatic rings. The summed E-state index contributed by atoms with van der Waals surface area (Å²) in [6, 6.07) is 7.73. The van der Waals surface area contributed by atoms with E-state index in [1.54, 1.807) is 49.4 Å². The number of ether oxygens (including phenoxy) is 1. The Balaban J connectivity index is 1.64. The van der Waals surface area contributed by atoms with E-state index in [9.17, 15) is 14.0 Å². The van der Waals surface area contributed by atoms with Gasteiger partial charge in [-0.1, -0.05) is 0 Å². The number of hydrogen-bond donors (Lipinski definition) is 0. The molecule has 0 aliphatic carbocycles. The number of hydrogen-bond acceptors (Lipinski definition) is 5. The highest BCUT2D eigenvalue weighted by molar-refractivity contribution is 6.03. The van der Waals surface area contributed by atoms with Crippen LogP contribution in [0.3, 0.4) is 0 Å². The normalized spacial score (nSPS) is 11.3. The number of Topliss-reactive ketones (excluding diaryl/α,β-unsaturated/α-hetero) is 1. The maximum atomic E-state index is 13.9. The molecule has 0 saturated carbocycles. The minimum atomic E-state index is -0.449. The second-order valence-electron chi connectivity index (χ2n) is 6.84. The van der Waals surface area contributed by atoms with E-state index in [4.69, 9.17) is 4.74 Å². The van der Waals surface area contributed by atoms with E-state index in [-0.39, 0.29) is 30.7 Å². The van der Waals surface area contributed by atoms with Gasteiger partial charge in [0.05, 0.1) is 24.2 Å². The van der Waals surface area contributed by atoms with Crippen LogP contribution in [0.25, 0.3) is 21.8 Å². The number of ketones is 1. The van der Waals surface area contributed by atoms with Gasteiger partial charge in [-0.05, 0) is 30.3 Å². The Kier molecular flexibility index (Phi) is 4.84. The average Bonchev–Trinajstić information content (AvgIpc) is 3.10. The standard InChI is InChI=1S/C21H19FN4O3/c1-25-12-18-20(24-25)17-6-3-13(22)9-19(17)26(21(18)28)8-7-15(27)10-14-4-5-16(29-2)11-23-14/h3-6,9,11-12H,7-8,10H2,1-2H3. The summed E-state index contributed by atoms with van der Waals surface area (Å²) in [5, 5.41) is 5.45. The van der Waals surface area contributed by atoms with Crippen LogP contribution >= 0.6 is 0 Å². The molecular formula is C21H19FN4O3. The van der Waals surface area contributed by atoms with Gasteiger partial charge < -0.3 is 9.30 Å². The van der Waals surface area contributed by atoms with Crippen LogP contribution in [0.2, 0.25) is 0 Å². The zero-order chi connectivity index (χ0) is 20.5. The molecule has 0 radical (unpaired) electrons. The monoisotopic (exact) mass is 394 g/mol. The van der Waals surface area contributed by atoms with E-state index < -0.39 is 5.82 Å². The Bertz CT molecular complexity index is 1280. The van der Waals surface area contributed by atoms with Crippen molar-refractivity contribution in [3.63, 3.8) is 0 Å². The summed E-state index contributed by atoms with van der Waals surface area (Å²) in [5.74, 6) is 0.103. The maximum Gasteiger partial charge on any atom is 0.262 e. The number of rotatable bonds is 6. The number of aromatic nitrogens is 4. The van der Waals surface area contributed by atoms with E-state index in [0.29, 0.717) is 33.2 Å². The third-order valence-electron chi connectivity index (χ3n) is 4.84. The number of pyridine rings is 2. The van der Waals surface area contributed by atoms with Crippen LogP contribution in [0.1, 0.15) is 12.1 Å². The molecule has 3 heterocycles. The number of methoxy groups -OCH3 is 1. The number of nitrogens with zero attached hydrogens (tertiary/aromatic N) is 4. The van der Waals surface area contributed by atoms with Gasteiger partial charge in [-0.15, -0.1) is 0 Å². The molecule has 4 rings (SSSR count). The SMILES string of the molecule is COc1ccc(CC(=O)CCn2c(=O)c3cn(C)nc3c3ccc(F)cc32)nc1. The molecule has 0 fully saturated rings. The lowest BCUT2D eigenvalue weighted by Gasteiger charge is -2.11. The zero-order valence-corrected chi connectivity index (χ0v) is 16.1. The molecule has 0 atom stereocenters. The summed E-state index contributed by atoms with van der Waals surface area (Å²) in [6.45, 7) is 0.151. The molecule has 4 aromatic rings. The van der Waals surface area contributed by atoms with E-state index in [1.165, 1.54) is 16.7 Å². The van der Waals surface area contributed by atoms with E-state index in [0.717, 1.165) is 0 Å². The van der Waals surface area contributed by atoms with Gasteiger partial charge in [0.1, 0.15) is 22.9 Å². The lowest BCUT2D eigenvalue weighted by molar-refractivity contribution is -0.118. The molecule has 148 valence electrons. The molecule has 0 unspecified atom stereocenters. The lowest BCUT2D eigenvalue weighted by Crippen LogP contribution is -2.22. The smallest absolute Gasteiger partial charge is 0.262 e. The topological polar surface area (TPSA) is 79.0 Å². The Labute approximate surface area is 165 Å². The molecule has 29 heavy (non-hydrogen) atoms. The molecule has 3 aromatic heterocycles. The van der Waals surface area contributed by atoms with Gasteiger partial charge in [-0.25, -0.2) is 4.39 Å². The quantitative estimate of drug-likeness (QED) is 0.502. The minimum Gasteiger partial charge on any atom is -0.495 e. The van der Waals surface area contributed by atoms with E-state index in [2.05, 4.69) is 10.1 Å². The van der Waals surface area contributed by atoms with Crippen molar-refractivity contribution >= 4 is 27.6 Å². The predicted octanol–water partition coefficient (Wildman–Crippen LogP) is 2.63. The first-order valence-electron chi connectivity index (χ1n) is 9.12. The van der Waals surface area contributed by atoms with Gasteiger partial charge in [0.2, 0.25) is 0 Å². The van der Waals surface area contributed by atoms with E-state index >= 15 is 0 Å². The fourth-order valence-electron chi connectivity index (χ4n) is 3.41. The van der Waals surface area contributed by atoms with Crippen molar-refractivity contribution in [3.05, 3.63) is 64.6 Å². The van der Waals surface area contributed by atoms with Crippen molar-refractivity contribution in [1.82, 2.24) is 19.3 Å². The summed E-state index contributed by atoms with van der Waals surface area (Å²) in [4.78, 5) is 29.6. The van der Waals surface area contributed by atoms with Crippen LogP contribution < -0.4 is 10.3 Å². The number of halogens is 1. The van der Waals surface area contributed by atoms with Gasteiger partial charge in [0, 0.05) is 43.7 Å². The summed E-state index contributed by atoms with van der Waals surface area (Å²) in [6.07, 6.45) is 3.48. The van der Waals surface area contributed by atoms with Crippen LogP contribution in [-0.4, -0.2) is 32.2 Å². The summed E-state index contributed by atoms with van der Waals surface area (Å²) < 4.78 is 21.9. The highest BCUT2D eigenvalue weighted by Crippen LogP contribution is 2.22. The van der Waals surface area contributed by atoms with Crippen molar-refractivity contribution in [3.8, 4) is 5.75 Å². The van der Waals surface area contributed by atoms with Crippen molar-refractivity contribution in [2.75, 3.05) is 7.11 Å². The largest absolute Gasteiger partial charge is 0.495 e. The van der Waals surface area contributed by atoms with Crippen LogP contribution in [0.5, 0.6) is 5.75 Å². The number of benzene rings is 1. The van der Waals surface area contributed by atoms with Crippen molar-refractivity contribution in [2.45, 2.75) is 19.4 Å². The summed E-state index contributed by atoms with van der Waals surface area (Å²) >= 11 is 0. The van der Waals surface area contributed by atoms with Crippen molar-refractivity contribution < 1.29 is 13.9 Å². The zero-order valence-electron chi connectivity index (χ0n) is 16.1. The molecule has 0 spiro atoms. The molecule has 0 aliphatic heterocycles. The van der Waals surface area contributed by atoms with Gasteiger partial charge in [0.25, 0.3) is 5.56 Å². The fourth-order valence-corrected chi connectivity index (χ4v) is 3.41. The first-order valence-corrected chi connectivity index (χ1v) is 9.12. The van der Waals surface area contributed by atoms with Crippen molar-refractivity contribution in [1.29, 1.82) is 0 Å². The van der Waals surface area contributed by atoms with Gasteiger partial charge in [0.15, 0.2) is 0 Å². The fraction of sp³-hybridized carbons (Fsp3) is 0.238. The Morgan fingerprint density at radius 3 is 2.76 bits per heavy atom. The maximum absolute atomic E-state index is 13.9. The number of fused-ring (bicyclic) bond motifs is 3. The molecule has 1 aromatic carbocycles.